The van der Waals surface area contributed by atoms with Gasteiger partial charge in [0.1, 0.15) is 11.6 Å². The quantitative estimate of drug-likeness (QED) is 0.667. The molecule has 4 amide bonds. The van der Waals surface area contributed by atoms with Gasteiger partial charge in [0, 0.05) is 18.8 Å². The molecule has 0 aromatic heterocycles. The molecule has 0 bridgehead atoms. The molecule has 0 saturated carbocycles. The average molecular weight is 432 g/mol. The molecule has 3 heterocycles. The number of rotatable bonds is 2. The summed E-state index contributed by atoms with van der Waals surface area (Å²) in [6.45, 7) is 5.99. The number of benzene rings is 1. The first-order valence-corrected chi connectivity index (χ1v) is 11.2. The second-order valence-electron chi connectivity index (χ2n) is 8.70. The molecule has 0 N–H and O–H groups in total. The van der Waals surface area contributed by atoms with Crippen molar-refractivity contribution >= 4 is 35.6 Å². The number of fused-ring (bicyclic) bond motifs is 1. The number of thioether (sulfide) groups is 1. The summed E-state index contributed by atoms with van der Waals surface area (Å²) in [6, 6.07) is 5.35. The minimum atomic E-state index is -0.757. The SMILES string of the molecule is CC(C)(C)OC(=O)N1CC(N2C(=O)c3ccccc3C2=O)CC1C(=O)N1CCSC1. The normalized spacial score (nSPS) is 23.9. The van der Waals surface area contributed by atoms with Crippen LogP contribution < -0.4 is 0 Å². The Morgan fingerprint density at radius 2 is 1.73 bits per heavy atom. The van der Waals surface area contributed by atoms with Crippen LogP contribution in [0.25, 0.3) is 0 Å². The van der Waals surface area contributed by atoms with E-state index in [1.165, 1.54) is 9.80 Å². The van der Waals surface area contributed by atoms with Gasteiger partial charge in [-0.3, -0.25) is 24.2 Å². The van der Waals surface area contributed by atoms with Crippen LogP contribution in [0.4, 0.5) is 4.79 Å². The molecule has 8 nitrogen and oxygen atoms in total. The van der Waals surface area contributed by atoms with E-state index in [4.69, 9.17) is 4.74 Å². The number of ether oxygens (including phenoxy) is 1. The topological polar surface area (TPSA) is 87.2 Å². The highest BCUT2D eigenvalue weighted by atomic mass is 32.2. The molecule has 2 unspecified atom stereocenters. The van der Waals surface area contributed by atoms with E-state index >= 15 is 0 Å². The number of carbonyl (C=O) groups is 4. The number of hydrogen-bond donors (Lipinski definition) is 0. The molecule has 160 valence electrons. The molecule has 3 aliphatic heterocycles. The van der Waals surface area contributed by atoms with Crippen molar-refractivity contribution in [2.24, 2.45) is 0 Å². The fourth-order valence-electron chi connectivity index (χ4n) is 4.10. The number of nitrogens with zero attached hydrogens (tertiary/aromatic N) is 3. The van der Waals surface area contributed by atoms with Gasteiger partial charge >= 0.3 is 6.09 Å². The third-order valence-corrected chi connectivity index (χ3v) is 6.41. The Balaban J connectivity index is 1.60. The third kappa shape index (κ3) is 3.66. The Labute approximate surface area is 179 Å². The van der Waals surface area contributed by atoms with Gasteiger partial charge in [0.15, 0.2) is 0 Å². The summed E-state index contributed by atoms with van der Waals surface area (Å²) >= 11 is 1.66. The lowest BCUT2D eigenvalue weighted by molar-refractivity contribution is -0.134. The van der Waals surface area contributed by atoms with Crippen molar-refractivity contribution in [3.8, 4) is 0 Å². The first-order valence-electron chi connectivity index (χ1n) is 10.0. The van der Waals surface area contributed by atoms with Gasteiger partial charge in [-0.1, -0.05) is 12.1 Å². The molecule has 9 heteroatoms. The average Bonchev–Trinajstić information content (AvgIpc) is 3.40. The summed E-state index contributed by atoms with van der Waals surface area (Å²) in [4.78, 5) is 56.1. The van der Waals surface area contributed by atoms with Crippen LogP contribution in [0.5, 0.6) is 0 Å². The zero-order valence-electron chi connectivity index (χ0n) is 17.3. The van der Waals surface area contributed by atoms with Crippen molar-refractivity contribution in [2.45, 2.75) is 44.9 Å². The number of imide groups is 1. The molecule has 2 saturated heterocycles. The Kier molecular flexibility index (Phi) is 5.25. The van der Waals surface area contributed by atoms with E-state index < -0.39 is 23.8 Å². The van der Waals surface area contributed by atoms with Crippen LogP contribution in [0.3, 0.4) is 0 Å². The van der Waals surface area contributed by atoms with Crippen molar-refractivity contribution < 1.29 is 23.9 Å². The lowest BCUT2D eigenvalue weighted by Crippen LogP contribution is -2.48. The van der Waals surface area contributed by atoms with Gasteiger partial charge in [0.25, 0.3) is 11.8 Å². The van der Waals surface area contributed by atoms with E-state index in [0.717, 1.165) is 5.75 Å². The monoisotopic (exact) mass is 431 g/mol. The van der Waals surface area contributed by atoms with E-state index in [0.29, 0.717) is 23.5 Å². The summed E-state index contributed by atoms with van der Waals surface area (Å²) in [7, 11) is 0. The summed E-state index contributed by atoms with van der Waals surface area (Å²) in [5, 5.41) is 0. The predicted molar refractivity (Wildman–Crippen MR) is 111 cm³/mol. The number of amides is 4. The smallest absolute Gasteiger partial charge is 0.411 e. The summed E-state index contributed by atoms with van der Waals surface area (Å²) < 4.78 is 5.51. The summed E-state index contributed by atoms with van der Waals surface area (Å²) in [5.41, 5.74) is -0.00372. The molecule has 3 aliphatic rings. The standard InChI is InChI=1S/C21H25N3O5S/c1-21(2,3)29-20(28)23-11-13(10-16(23)19(27)22-8-9-30-12-22)24-17(25)14-6-4-5-7-15(14)18(24)26/h4-7,13,16H,8-12H2,1-3H3. The molecule has 0 aliphatic carbocycles. The lowest BCUT2D eigenvalue weighted by Gasteiger charge is -2.29. The number of hydrogen-bond acceptors (Lipinski definition) is 6. The zero-order valence-corrected chi connectivity index (χ0v) is 18.1. The first kappa shape index (κ1) is 20.7. The van der Waals surface area contributed by atoms with E-state index in [1.54, 1.807) is 61.7 Å². The van der Waals surface area contributed by atoms with E-state index in [9.17, 15) is 19.2 Å². The Hall–Kier alpha value is -2.55. The van der Waals surface area contributed by atoms with Crippen molar-refractivity contribution in [3.05, 3.63) is 35.4 Å². The molecule has 2 fully saturated rings. The van der Waals surface area contributed by atoms with E-state index in [1.807, 2.05) is 0 Å². The van der Waals surface area contributed by atoms with Gasteiger partial charge in [-0.05, 0) is 39.3 Å². The van der Waals surface area contributed by atoms with Gasteiger partial charge in [-0.2, -0.15) is 0 Å². The van der Waals surface area contributed by atoms with Crippen LogP contribution in [-0.2, 0) is 9.53 Å². The van der Waals surface area contributed by atoms with Gasteiger partial charge in [0.2, 0.25) is 5.91 Å². The van der Waals surface area contributed by atoms with Crippen LogP contribution in [0.15, 0.2) is 24.3 Å². The number of carbonyl (C=O) groups excluding carboxylic acids is 4. The number of likely N-dealkylation sites (tertiary alicyclic amines) is 1. The van der Waals surface area contributed by atoms with Crippen LogP contribution >= 0.6 is 11.8 Å². The fourth-order valence-corrected chi connectivity index (χ4v) is 5.05. The molecule has 1 aromatic rings. The fraction of sp³-hybridized carbons (Fsp3) is 0.524. The molecule has 1 aromatic carbocycles. The molecular formula is C21H25N3O5S. The maximum atomic E-state index is 13.1. The molecule has 4 rings (SSSR count). The van der Waals surface area contributed by atoms with Crippen LogP contribution in [0, 0.1) is 0 Å². The van der Waals surface area contributed by atoms with Crippen molar-refractivity contribution in [3.63, 3.8) is 0 Å². The highest BCUT2D eigenvalue weighted by Gasteiger charge is 2.49. The molecular weight excluding hydrogens is 406 g/mol. The van der Waals surface area contributed by atoms with Crippen LogP contribution in [0.1, 0.15) is 47.9 Å². The van der Waals surface area contributed by atoms with E-state index in [2.05, 4.69) is 0 Å². The molecule has 2 atom stereocenters. The van der Waals surface area contributed by atoms with E-state index in [-0.39, 0.29) is 30.7 Å². The summed E-state index contributed by atoms with van der Waals surface area (Å²) in [6.07, 6.45) is -0.392. The van der Waals surface area contributed by atoms with Crippen molar-refractivity contribution in [1.29, 1.82) is 0 Å². The Morgan fingerprint density at radius 1 is 1.10 bits per heavy atom. The third-order valence-electron chi connectivity index (χ3n) is 5.45. The lowest BCUT2D eigenvalue weighted by atomic mass is 10.1. The van der Waals surface area contributed by atoms with Gasteiger partial charge in [0.05, 0.1) is 23.0 Å². The van der Waals surface area contributed by atoms with Gasteiger partial charge in [-0.15, -0.1) is 11.8 Å². The highest BCUT2D eigenvalue weighted by molar-refractivity contribution is 7.99. The maximum Gasteiger partial charge on any atom is 0.411 e. The van der Waals surface area contributed by atoms with Gasteiger partial charge in [-0.25, -0.2) is 4.79 Å². The summed E-state index contributed by atoms with van der Waals surface area (Å²) in [5.74, 6) is 0.510. The largest absolute Gasteiger partial charge is 0.444 e. The van der Waals surface area contributed by atoms with Crippen molar-refractivity contribution in [2.75, 3.05) is 24.7 Å². The second-order valence-corrected chi connectivity index (χ2v) is 9.78. The molecule has 30 heavy (non-hydrogen) atoms. The maximum absolute atomic E-state index is 13.1. The molecule has 0 radical (unpaired) electrons. The Bertz CT molecular complexity index is 871. The van der Waals surface area contributed by atoms with Gasteiger partial charge < -0.3 is 9.64 Å². The van der Waals surface area contributed by atoms with Crippen molar-refractivity contribution in [1.82, 2.24) is 14.7 Å². The first-order chi connectivity index (χ1) is 14.2. The minimum absolute atomic E-state index is 0.0811. The second kappa shape index (κ2) is 7.61. The highest BCUT2D eigenvalue weighted by Crippen LogP contribution is 2.32. The van der Waals surface area contributed by atoms with Crippen LogP contribution in [0.2, 0.25) is 0 Å². The predicted octanol–water partition coefficient (Wildman–Crippen LogP) is 2.19. The Morgan fingerprint density at radius 3 is 2.27 bits per heavy atom. The van der Waals surface area contributed by atoms with Crippen LogP contribution in [-0.4, -0.2) is 80.9 Å². The minimum Gasteiger partial charge on any atom is -0.444 e. The molecule has 0 spiro atoms. The zero-order chi connectivity index (χ0) is 21.6.